The molecule has 0 saturated carbocycles. The summed E-state index contributed by atoms with van der Waals surface area (Å²) < 4.78 is 1.92. The maximum absolute atomic E-state index is 11.5. The molecule has 0 unspecified atom stereocenters. The lowest BCUT2D eigenvalue weighted by molar-refractivity contribution is -0.130. The van der Waals surface area contributed by atoms with Gasteiger partial charge in [0.25, 0.3) is 0 Å². The molecule has 0 aliphatic carbocycles. The third-order valence-corrected chi connectivity index (χ3v) is 5.28. The highest BCUT2D eigenvalue weighted by Crippen LogP contribution is 2.24. The van der Waals surface area contributed by atoms with Gasteiger partial charge in [-0.1, -0.05) is 13.8 Å². The topological polar surface area (TPSA) is 70.4 Å². The zero-order chi connectivity index (χ0) is 17.1. The molecule has 1 amide bonds. The number of rotatable bonds is 5. The number of tetrazole rings is 1. The molecule has 0 N–H and O–H groups in total. The van der Waals surface area contributed by atoms with Crippen LogP contribution in [0.2, 0.25) is 0 Å². The molecule has 0 spiro atoms. The van der Waals surface area contributed by atoms with Crippen LogP contribution >= 0.6 is 0 Å². The predicted octanol–water partition coefficient (Wildman–Crippen LogP) is 0.0675. The van der Waals surface area contributed by atoms with Crippen molar-refractivity contribution >= 4 is 5.91 Å². The highest BCUT2D eigenvalue weighted by Gasteiger charge is 2.35. The van der Waals surface area contributed by atoms with Crippen molar-refractivity contribution in [2.24, 2.45) is 5.92 Å². The Bertz CT molecular complexity index is 552. The molecule has 2 fully saturated rings. The van der Waals surface area contributed by atoms with Crippen LogP contribution in [-0.4, -0.2) is 86.1 Å². The minimum atomic E-state index is 0.193. The first-order chi connectivity index (χ1) is 11.6. The Morgan fingerprint density at radius 2 is 1.96 bits per heavy atom. The molecule has 8 heteroatoms. The first-order valence-electron chi connectivity index (χ1n) is 9.05. The number of aryl methyl sites for hydroxylation is 1. The van der Waals surface area contributed by atoms with E-state index >= 15 is 0 Å². The van der Waals surface area contributed by atoms with E-state index in [1.807, 2.05) is 9.58 Å². The first kappa shape index (κ1) is 17.3. The third-order valence-electron chi connectivity index (χ3n) is 5.28. The summed E-state index contributed by atoms with van der Waals surface area (Å²) in [6.45, 7) is 13.6. The maximum Gasteiger partial charge on any atom is 0.219 e. The van der Waals surface area contributed by atoms with Gasteiger partial charge in [0.2, 0.25) is 5.91 Å². The van der Waals surface area contributed by atoms with E-state index < -0.39 is 0 Å². The van der Waals surface area contributed by atoms with E-state index in [4.69, 9.17) is 0 Å². The lowest BCUT2D eigenvalue weighted by atomic mass is 10.0. The molecule has 2 atom stereocenters. The van der Waals surface area contributed by atoms with Gasteiger partial charge in [-0.3, -0.25) is 14.6 Å². The molecule has 1 aromatic rings. The van der Waals surface area contributed by atoms with Crippen molar-refractivity contribution in [2.75, 3.05) is 39.3 Å². The number of aromatic nitrogens is 4. The van der Waals surface area contributed by atoms with E-state index in [9.17, 15) is 4.79 Å². The lowest BCUT2D eigenvalue weighted by Gasteiger charge is -2.39. The number of likely N-dealkylation sites (tertiary alicyclic amines) is 1. The van der Waals surface area contributed by atoms with Crippen molar-refractivity contribution in [1.29, 1.82) is 0 Å². The molecule has 1 aromatic heterocycles. The molecule has 8 nitrogen and oxygen atoms in total. The van der Waals surface area contributed by atoms with Gasteiger partial charge in [-0.25, -0.2) is 4.68 Å². The second kappa shape index (κ2) is 7.57. The van der Waals surface area contributed by atoms with Crippen LogP contribution in [0.25, 0.3) is 0 Å². The zero-order valence-corrected chi connectivity index (χ0v) is 15.1. The monoisotopic (exact) mass is 335 g/mol. The van der Waals surface area contributed by atoms with Crippen molar-refractivity contribution in [3.05, 3.63) is 5.82 Å². The summed E-state index contributed by atoms with van der Waals surface area (Å²) in [5.41, 5.74) is 0. The Morgan fingerprint density at radius 3 is 2.62 bits per heavy atom. The van der Waals surface area contributed by atoms with Crippen LogP contribution in [0.15, 0.2) is 0 Å². The highest BCUT2D eigenvalue weighted by molar-refractivity contribution is 5.73. The number of nitrogens with zero attached hydrogens (tertiary/aromatic N) is 7. The Balaban J connectivity index is 1.55. The largest absolute Gasteiger partial charge is 0.340 e. The van der Waals surface area contributed by atoms with Gasteiger partial charge in [-0.15, -0.1) is 5.10 Å². The normalized spacial score (nSPS) is 26.2. The van der Waals surface area contributed by atoms with Crippen LogP contribution in [0, 0.1) is 5.92 Å². The minimum Gasteiger partial charge on any atom is -0.340 e. The van der Waals surface area contributed by atoms with Gasteiger partial charge in [0.05, 0.1) is 6.54 Å². The summed E-state index contributed by atoms with van der Waals surface area (Å²) in [7, 11) is 0. The quantitative estimate of drug-likeness (QED) is 0.758. The lowest BCUT2D eigenvalue weighted by Crippen LogP contribution is -2.53. The van der Waals surface area contributed by atoms with E-state index in [-0.39, 0.29) is 5.91 Å². The molecule has 0 aromatic carbocycles. The Kier molecular flexibility index (Phi) is 5.45. The molecule has 0 radical (unpaired) electrons. The summed E-state index contributed by atoms with van der Waals surface area (Å²) in [5.74, 6) is 1.79. The fraction of sp³-hybridized carbons (Fsp3) is 0.875. The number of piperazine rings is 1. The second-order valence-electron chi connectivity index (χ2n) is 7.10. The average Bonchev–Trinajstić information content (AvgIpc) is 3.15. The van der Waals surface area contributed by atoms with Crippen LogP contribution in [0.1, 0.15) is 33.0 Å². The van der Waals surface area contributed by atoms with Gasteiger partial charge in [-0.05, 0) is 22.8 Å². The standard InChI is InChI=1S/C16H29N7O/c1-4-5-23-16(17-18-19-23)12-20-10-13(2)15(11-20)22-8-6-21(7-9-22)14(3)24/h13,15H,4-12H2,1-3H3/t13-,15-/m1/s1. The molecule has 24 heavy (non-hydrogen) atoms. The Hall–Kier alpha value is -1.54. The molecule has 2 saturated heterocycles. The summed E-state index contributed by atoms with van der Waals surface area (Å²) >= 11 is 0. The van der Waals surface area contributed by atoms with Gasteiger partial charge in [-0.2, -0.15) is 0 Å². The van der Waals surface area contributed by atoms with Crippen molar-refractivity contribution in [1.82, 2.24) is 34.9 Å². The number of hydrogen-bond donors (Lipinski definition) is 0. The number of amides is 1. The molecular formula is C16H29N7O. The second-order valence-corrected chi connectivity index (χ2v) is 7.10. The summed E-state index contributed by atoms with van der Waals surface area (Å²) in [5, 5.41) is 12.1. The number of hydrogen-bond acceptors (Lipinski definition) is 6. The van der Waals surface area contributed by atoms with E-state index in [0.717, 1.165) is 64.6 Å². The maximum atomic E-state index is 11.5. The summed E-state index contributed by atoms with van der Waals surface area (Å²) in [6, 6.07) is 0.564. The van der Waals surface area contributed by atoms with Crippen LogP contribution in [0.4, 0.5) is 0 Å². The first-order valence-corrected chi connectivity index (χ1v) is 9.05. The number of carbonyl (C=O) groups is 1. The predicted molar refractivity (Wildman–Crippen MR) is 90.2 cm³/mol. The SMILES string of the molecule is CCCn1nnnc1CN1C[C@@H](C)[C@H](N2CCN(C(C)=O)CC2)C1. The molecule has 134 valence electrons. The van der Waals surface area contributed by atoms with Gasteiger partial charge in [0.15, 0.2) is 5.82 Å². The average molecular weight is 335 g/mol. The molecule has 2 aliphatic heterocycles. The molecule has 0 bridgehead atoms. The van der Waals surface area contributed by atoms with Gasteiger partial charge >= 0.3 is 0 Å². The van der Waals surface area contributed by atoms with Crippen molar-refractivity contribution in [2.45, 2.75) is 46.3 Å². The van der Waals surface area contributed by atoms with Crippen LogP contribution in [0.5, 0.6) is 0 Å². The highest BCUT2D eigenvalue weighted by atomic mass is 16.2. The third kappa shape index (κ3) is 3.75. The zero-order valence-electron chi connectivity index (χ0n) is 15.1. The number of carbonyl (C=O) groups excluding carboxylic acids is 1. The van der Waals surface area contributed by atoms with Gasteiger partial charge < -0.3 is 4.90 Å². The minimum absolute atomic E-state index is 0.193. The Labute approximate surface area is 143 Å². The fourth-order valence-corrected chi connectivity index (χ4v) is 3.94. The summed E-state index contributed by atoms with van der Waals surface area (Å²) in [4.78, 5) is 18.5. The molecule has 3 rings (SSSR count). The van der Waals surface area contributed by atoms with Crippen molar-refractivity contribution in [3.8, 4) is 0 Å². The van der Waals surface area contributed by atoms with E-state index in [0.29, 0.717) is 12.0 Å². The van der Waals surface area contributed by atoms with Gasteiger partial charge in [0.1, 0.15) is 0 Å². The van der Waals surface area contributed by atoms with E-state index in [2.05, 4.69) is 39.2 Å². The molecular weight excluding hydrogens is 306 g/mol. The van der Waals surface area contributed by atoms with Crippen molar-refractivity contribution < 1.29 is 4.79 Å². The van der Waals surface area contributed by atoms with Crippen LogP contribution < -0.4 is 0 Å². The smallest absolute Gasteiger partial charge is 0.219 e. The van der Waals surface area contributed by atoms with Crippen LogP contribution in [0.3, 0.4) is 0 Å². The Morgan fingerprint density at radius 1 is 1.21 bits per heavy atom. The van der Waals surface area contributed by atoms with E-state index in [1.54, 1.807) is 6.92 Å². The molecule has 3 heterocycles. The van der Waals surface area contributed by atoms with Gasteiger partial charge in [0, 0.05) is 58.8 Å². The van der Waals surface area contributed by atoms with Crippen molar-refractivity contribution in [3.63, 3.8) is 0 Å². The molecule has 2 aliphatic rings. The summed E-state index contributed by atoms with van der Waals surface area (Å²) in [6.07, 6.45) is 1.04. The fourth-order valence-electron chi connectivity index (χ4n) is 3.94. The van der Waals surface area contributed by atoms with E-state index in [1.165, 1.54) is 0 Å². The van der Waals surface area contributed by atoms with Crippen LogP contribution in [-0.2, 0) is 17.9 Å².